The van der Waals surface area contributed by atoms with Crippen LogP contribution in [0.5, 0.6) is 5.75 Å². The van der Waals surface area contributed by atoms with E-state index in [-0.39, 0.29) is 11.9 Å². The molecule has 1 aliphatic carbocycles. The number of carbonyl (C=O) groups excluding carboxylic acids is 1. The van der Waals surface area contributed by atoms with Gasteiger partial charge in [0.1, 0.15) is 11.3 Å². The molecular formula is C17H25NO3. The summed E-state index contributed by atoms with van der Waals surface area (Å²) in [5.74, 6) is 0.793. The lowest BCUT2D eigenvalue weighted by atomic mass is 9.83. The van der Waals surface area contributed by atoms with E-state index in [9.17, 15) is 4.79 Å². The van der Waals surface area contributed by atoms with Crippen LogP contribution in [0.3, 0.4) is 0 Å². The van der Waals surface area contributed by atoms with E-state index in [4.69, 9.17) is 15.2 Å². The molecule has 0 aromatic heterocycles. The molecule has 2 rings (SSSR count). The topological polar surface area (TPSA) is 61.5 Å². The van der Waals surface area contributed by atoms with Crippen LogP contribution in [0.4, 0.5) is 0 Å². The van der Waals surface area contributed by atoms with E-state index in [1.807, 2.05) is 18.2 Å². The molecule has 0 heterocycles. The lowest BCUT2D eigenvalue weighted by molar-refractivity contribution is -0.151. The van der Waals surface area contributed by atoms with Crippen LogP contribution in [0, 0.1) is 5.92 Å². The fourth-order valence-corrected chi connectivity index (χ4v) is 2.69. The smallest absolute Gasteiger partial charge is 0.331 e. The molecule has 4 nitrogen and oxygen atoms in total. The van der Waals surface area contributed by atoms with Gasteiger partial charge in [0.2, 0.25) is 0 Å². The van der Waals surface area contributed by atoms with Crippen molar-refractivity contribution in [2.75, 3.05) is 13.7 Å². The van der Waals surface area contributed by atoms with Crippen molar-refractivity contribution in [3.05, 3.63) is 29.3 Å². The minimum Gasteiger partial charge on any atom is -0.496 e. The molecule has 1 aromatic carbocycles. The molecule has 1 atom stereocenters. The molecule has 0 saturated heterocycles. The normalized spacial score (nSPS) is 17.4. The Labute approximate surface area is 126 Å². The van der Waals surface area contributed by atoms with E-state index in [2.05, 4.69) is 13.8 Å². The van der Waals surface area contributed by atoms with Crippen molar-refractivity contribution < 1.29 is 14.3 Å². The van der Waals surface area contributed by atoms with Crippen LogP contribution in [0.1, 0.15) is 50.7 Å². The highest BCUT2D eigenvalue weighted by Gasteiger charge is 2.52. The minimum atomic E-state index is -1.10. The van der Waals surface area contributed by atoms with Crippen molar-refractivity contribution in [1.29, 1.82) is 0 Å². The Morgan fingerprint density at radius 3 is 2.57 bits per heavy atom. The van der Waals surface area contributed by atoms with Crippen molar-refractivity contribution in [3.8, 4) is 5.75 Å². The molecule has 0 amide bonds. The van der Waals surface area contributed by atoms with E-state index in [0.717, 1.165) is 24.0 Å². The van der Waals surface area contributed by atoms with E-state index in [0.29, 0.717) is 18.3 Å². The summed E-state index contributed by atoms with van der Waals surface area (Å²) in [5, 5.41) is 0. The first-order valence-corrected chi connectivity index (χ1v) is 7.59. The van der Waals surface area contributed by atoms with E-state index in [1.54, 1.807) is 14.0 Å². The van der Waals surface area contributed by atoms with Gasteiger partial charge in [0, 0.05) is 5.56 Å². The first-order valence-electron chi connectivity index (χ1n) is 7.59. The van der Waals surface area contributed by atoms with Gasteiger partial charge in [0.05, 0.1) is 13.7 Å². The van der Waals surface area contributed by atoms with E-state index < -0.39 is 5.54 Å². The Balaban J connectivity index is 2.53. The van der Waals surface area contributed by atoms with Gasteiger partial charge < -0.3 is 15.2 Å². The Kier molecular flexibility index (Phi) is 4.57. The summed E-state index contributed by atoms with van der Waals surface area (Å²) >= 11 is 0. The highest BCUT2D eigenvalue weighted by atomic mass is 16.5. The Morgan fingerprint density at radius 1 is 1.43 bits per heavy atom. The second-order valence-electron chi connectivity index (χ2n) is 5.98. The van der Waals surface area contributed by atoms with Gasteiger partial charge in [-0.1, -0.05) is 19.9 Å². The summed E-state index contributed by atoms with van der Waals surface area (Å²) in [6, 6.07) is 5.91. The third kappa shape index (κ3) is 2.91. The zero-order valence-corrected chi connectivity index (χ0v) is 13.3. The monoisotopic (exact) mass is 291 g/mol. The molecule has 1 aromatic rings. The number of ether oxygens (including phenoxy) is 2. The maximum absolute atomic E-state index is 12.5. The SMILES string of the molecule is CCOC(=O)C(N)(c1cc(C(C)C)ccc1OC)C1CC1. The zero-order valence-electron chi connectivity index (χ0n) is 13.3. The Hall–Kier alpha value is -1.55. The molecule has 21 heavy (non-hydrogen) atoms. The summed E-state index contributed by atoms with van der Waals surface area (Å²) in [6.07, 6.45) is 1.90. The van der Waals surface area contributed by atoms with Gasteiger partial charge in [0.15, 0.2) is 0 Å². The highest BCUT2D eigenvalue weighted by molar-refractivity contribution is 5.84. The number of carbonyl (C=O) groups is 1. The van der Waals surface area contributed by atoms with Crippen LogP contribution in [0.2, 0.25) is 0 Å². The Morgan fingerprint density at radius 2 is 2.10 bits per heavy atom. The van der Waals surface area contributed by atoms with Gasteiger partial charge in [-0.25, -0.2) is 4.79 Å². The van der Waals surface area contributed by atoms with Gasteiger partial charge in [0.25, 0.3) is 0 Å². The second-order valence-corrected chi connectivity index (χ2v) is 5.98. The molecule has 1 aliphatic rings. The summed E-state index contributed by atoms with van der Waals surface area (Å²) in [5.41, 5.74) is 7.33. The van der Waals surface area contributed by atoms with Crippen molar-refractivity contribution in [2.45, 2.75) is 45.1 Å². The lowest BCUT2D eigenvalue weighted by Gasteiger charge is -2.30. The zero-order chi connectivity index (χ0) is 15.6. The largest absolute Gasteiger partial charge is 0.496 e. The minimum absolute atomic E-state index is 0.132. The third-order valence-electron chi connectivity index (χ3n) is 4.17. The van der Waals surface area contributed by atoms with Crippen molar-refractivity contribution in [1.82, 2.24) is 0 Å². The Bertz CT molecular complexity index is 523. The summed E-state index contributed by atoms with van der Waals surface area (Å²) < 4.78 is 10.7. The molecule has 0 bridgehead atoms. The number of esters is 1. The number of benzene rings is 1. The molecule has 1 fully saturated rings. The molecule has 1 saturated carbocycles. The number of hydrogen-bond donors (Lipinski definition) is 1. The maximum atomic E-state index is 12.5. The molecule has 0 spiro atoms. The highest BCUT2D eigenvalue weighted by Crippen LogP contribution is 2.47. The van der Waals surface area contributed by atoms with Crippen molar-refractivity contribution in [2.24, 2.45) is 11.7 Å². The van der Waals surface area contributed by atoms with Gasteiger partial charge >= 0.3 is 5.97 Å². The maximum Gasteiger partial charge on any atom is 0.331 e. The fraction of sp³-hybridized carbons (Fsp3) is 0.588. The summed E-state index contributed by atoms with van der Waals surface area (Å²) in [6.45, 7) is 6.36. The molecule has 4 heteroatoms. The van der Waals surface area contributed by atoms with Gasteiger partial charge in [-0.15, -0.1) is 0 Å². The first kappa shape index (κ1) is 15.8. The number of hydrogen-bond acceptors (Lipinski definition) is 4. The summed E-state index contributed by atoms with van der Waals surface area (Å²) in [4.78, 5) is 12.5. The van der Waals surface area contributed by atoms with E-state index in [1.165, 1.54) is 0 Å². The van der Waals surface area contributed by atoms with Gasteiger partial charge in [-0.05, 0) is 49.3 Å². The second kappa shape index (κ2) is 6.06. The molecule has 0 radical (unpaired) electrons. The van der Waals surface area contributed by atoms with Crippen LogP contribution in [0.15, 0.2) is 18.2 Å². The number of methoxy groups -OCH3 is 1. The van der Waals surface area contributed by atoms with Gasteiger partial charge in [-0.2, -0.15) is 0 Å². The van der Waals surface area contributed by atoms with Crippen molar-refractivity contribution in [3.63, 3.8) is 0 Å². The predicted molar refractivity (Wildman–Crippen MR) is 82.3 cm³/mol. The molecular weight excluding hydrogens is 266 g/mol. The fourth-order valence-electron chi connectivity index (χ4n) is 2.69. The molecule has 0 aliphatic heterocycles. The van der Waals surface area contributed by atoms with Crippen LogP contribution in [0.25, 0.3) is 0 Å². The van der Waals surface area contributed by atoms with Crippen LogP contribution in [-0.4, -0.2) is 19.7 Å². The molecule has 1 unspecified atom stereocenters. The standard InChI is InChI=1S/C17H25NO3/c1-5-21-16(19)17(18,13-7-8-13)14-10-12(11(2)3)6-9-15(14)20-4/h6,9-11,13H,5,7-8,18H2,1-4H3. The average Bonchev–Trinajstić information content (AvgIpc) is 3.30. The number of nitrogens with two attached hydrogens (primary N) is 1. The van der Waals surface area contributed by atoms with Crippen LogP contribution >= 0.6 is 0 Å². The van der Waals surface area contributed by atoms with Crippen LogP contribution in [-0.2, 0) is 15.1 Å². The lowest BCUT2D eigenvalue weighted by Crippen LogP contribution is -2.48. The molecule has 2 N–H and O–H groups in total. The quantitative estimate of drug-likeness (QED) is 0.819. The average molecular weight is 291 g/mol. The first-order chi connectivity index (χ1) is 9.94. The third-order valence-corrected chi connectivity index (χ3v) is 4.17. The number of rotatable bonds is 6. The molecule has 116 valence electrons. The predicted octanol–water partition coefficient (Wildman–Crippen LogP) is 2.95. The van der Waals surface area contributed by atoms with E-state index >= 15 is 0 Å². The van der Waals surface area contributed by atoms with Crippen LogP contribution < -0.4 is 10.5 Å². The van der Waals surface area contributed by atoms with Crippen molar-refractivity contribution >= 4 is 5.97 Å². The van der Waals surface area contributed by atoms with Gasteiger partial charge in [-0.3, -0.25) is 0 Å². The summed E-state index contributed by atoms with van der Waals surface area (Å²) in [7, 11) is 1.60.